The van der Waals surface area contributed by atoms with Crippen molar-refractivity contribution in [1.29, 1.82) is 0 Å². The van der Waals surface area contributed by atoms with Crippen molar-refractivity contribution in [3.8, 4) is 22.8 Å². The topological polar surface area (TPSA) is 44.2 Å². The molecule has 1 fully saturated rings. The average molecular weight is 349 g/mol. The van der Waals surface area contributed by atoms with E-state index in [-0.39, 0.29) is 20.3 Å². The SMILES string of the molecule is CC1(C)Oc2cc(OC3CCCC3)ccc2-c2nn[se]c21. The van der Waals surface area contributed by atoms with E-state index in [1.165, 1.54) is 17.3 Å². The Hall–Kier alpha value is -1.32. The van der Waals surface area contributed by atoms with E-state index in [9.17, 15) is 0 Å². The summed E-state index contributed by atoms with van der Waals surface area (Å²) in [6.07, 6.45) is 5.24. The molecule has 5 heteroatoms. The van der Waals surface area contributed by atoms with Crippen molar-refractivity contribution in [3.63, 3.8) is 0 Å². The molecule has 2 heterocycles. The third-order valence-electron chi connectivity index (χ3n) is 4.21. The van der Waals surface area contributed by atoms with Crippen LogP contribution in [0.3, 0.4) is 0 Å². The Morgan fingerprint density at radius 3 is 2.90 bits per heavy atom. The molecule has 0 atom stereocenters. The maximum absolute atomic E-state index is 6.20. The molecular formula is C16H18N2O2Se. The molecule has 0 amide bonds. The van der Waals surface area contributed by atoms with Crippen molar-refractivity contribution in [3.05, 3.63) is 22.6 Å². The van der Waals surface area contributed by atoms with Crippen LogP contribution in [-0.4, -0.2) is 30.0 Å². The van der Waals surface area contributed by atoms with Gasteiger partial charge in [-0.1, -0.05) is 0 Å². The molecule has 0 radical (unpaired) electrons. The molecule has 1 aromatic heterocycles. The van der Waals surface area contributed by atoms with E-state index < -0.39 is 0 Å². The van der Waals surface area contributed by atoms with Gasteiger partial charge in [-0.15, -0.1) is 0 Å². The molecule has 2 aliphatic rings. The molecule has 1 saturated carbocycles. The number of rotatable bonds is 2. The van der Waals surface area contributed by atoms with Crippen LogP contribution in [0.1, 0.15) is 44.0 Å². The monoisotopic (exact) mass is 350 g/mol. The molecule has 1 aliphatic heterocycles. The normalized spacial score (nSPS) is 19.7. The van der Waals surface area contributed by atoms with Gasteiger partial charge in [0.1, 0.15) is 0 Å². The first kappa shape index (κ1) is 13.3. The number of aromatic nitrogens is 2. The van der Waals surface area contributed by atoms with Crippen LogP contribution in [0.2, 0.25) is 0 Å². The van der Waals surface area contributed by atoms with Gasteiger partial charge in [0.15, 0.2) is 0 Å². The second-order valence-corrected chi connectivity index (χ2v) is 7.83. The fourth-order valence-electron chi connectivity index (χ4n) is 3.14. The Labute approximate surface area is 130 Å². The van der Waals surface area contributed by atoms with Crippen LogP contribution < -0.4 is 9.47 Å². The minimum absolute atomic E-state index is 0.0650. The third kappa shape index (κ3) is 2.29. The van der Waals surface area contributed by atoms with Crippen LogP contribution in [-0.2, 0) is 5.60 Å². The molecule has 4 rings (SSSR count). The van der Waals surface area contributed by atoms with E-state index in [1.807, 2.05) is 12.1 Å². The zero-order valence-electron chi connectivity index (χ0n) is 12.3. The standard InChI is InChI=1S/C16H18N2O2Se/c1-16(2)15-14(17-18-21-15)12-8-7-11(9-13(12)20-16)19-10-5-3-4-6-10/h7-10H,3-6H2,1-2H3. The molecule has 0 bridgehead atoms. The first-order valence-electron chi connectivity index (χ1n) is 7.46. The third-order valence-corrected chi connectivity index (χ3v) is 6.38. The molecule has 1 aliphatic carbocycles. The van der Waals surface area contributed by atoms with E-state index in [4.69, 9.17) is 9.47 Å². The van der Waals surface area contributed by atoms with Crippen LogP contribution in [0.5, 0.6) is 11.5 Å². The summed E-state index contributed by atoms with van der Waals surface area (Å²) in [7, 11) is 0. The van der Waals surface area contributed by atoms with E-state index in [0.717, 1.165) is 35.6 Å². The summed E-state index contributed by atoms with van der Waals surface area (Å²) in [5.74, 6) is 1.77. The van der Waals surface area contributed by atoms with Crippen LogP contribution in [0.4, 0.5) is 0 Å². The van der Waals surface area contributed by atoms with E-state index in [2.05, 4.69) is 29.1 Å². The van der Waals surface area contributed by atoms with Crippen LogP contribution in [0.15, 0.2) is 18.2 Å². The fourth-order valence-corrected chi connectivity index (χ4v) is 4.61. The molecule has 1 aromatic carbocycles. The molecule has 21 heavy (non-hydrogen) atoms. The molecule has 0 spiro atoms. The van der Waals surface area contributed by atoms with Gasteiger partial charge in [0.25, 0.3) is 0 Å². The molecule has 0 unspecified atom stereocenters. The van der Waals surface area contributed by atoms with Crippen molar-refractivity contribution < 1.29 is 9.47 Å². The first-order valence-corrected chi connectivity index (χ1v) is 9.09. The number of nitrogens with zero attached hydrogens (tertiary/aromatic N) is 2. The minimum atomic E-state index is -0.322. The van der Waals surface area contributed by atoms with Gasteiger partial charge in [0, 0.05) is 0 Å². The molecular weight excluding hydrogens is 331 g/mol. The van der Waals surface area contributed by atoms with Gasteiger partial charge < -0.3 is 0 Å². The summed E-state index contributed by atoms with van der Waals surface area (Å²) in [6, 6.07) is 6.11. The molecule has 4 nitrogen and oxygen atoms in total. The van der Waals surface area contributed by atoms with Crippen LogP contribution in [0.25, 0.3) is 11.3 Å². The van der Waals surface area contributed by atoms with Crippen molar-refractivity contribution in [2.75, 3.05) is 0 Å². The Bertz CT molecular complexity index is 675. The second kappa shape index (κ2) is 4.85. The zero-order valence-corrected chi connectivity index (χ0v) is 14.0. The number of fused-ring (bicyclic) bond motifs is 3. The van der Waals surface area contributed by atoms with Gasteiger partial charge in [-0.25, -0.2) is 0 Å². The Kier molecular flexibility index (Phi) is 3.09. The quantitative estimate of drug-likeness (QED) is 0.782. The zero-order chi connectivity index (χ0) is 14.4. The Morgan fingerprint density at radius 2 is 2.10 bits per heavy atom. The average Bonchev–Trinajstić information content (AvgIpc) is 3.08. The second-order valence-electron chi connectivity index (χ2n) is 6.25. The van der Waals surface area contributed by atoms with Gasteiger partial charge in [0.05, 0.1) is 0 Å². The van der Waals surface area contributed by atoms with Crippen molar-refractivity contribution in [2.45, 2.75) is 51.2 Å². The van der Waals surface area contributed by atoms with Gasteiger partial charge in [-0.05, 0) is 0 Å². The number of ether oxygens (including phenoxy) is 2. The number of hydrogen-bond donors (Lipinski definition) is 0. The van der Waals surface area contributed by atoms with Crippen molar-refractivity contribution in [2.24, 2.45) is 0 Å². The van der Waals surface area contributed by atoms with Gasteiger partial charge in [-0.2, -0.15) is 0 Å². The summed E-state index contributed by atoms with van der Waals surface area (Å²) < 4.78 is 17.7. The first-order chi connectivity index (χ1) is 10.1. The summed E-state index contributed by atoms with van der Waals surface area (Å²) >= 11 is 0.0650. The molecule has 110 valence electrons. The van der Waals surface area contributed by atoms with E-state index in [1.54, 1.807) is 0 Å². The van der Waals surface area contributed by atoms with E-state index in [0.29, 0.717) is 6.10 Å². The van der Waals surface area contributed by atoms with Gasteiger partial charge >= 0.3 is 130 Å². The summed E-state index contributed by atoms with van der Waals surface area (Å²) in [6.45, 7) is 4.18. The Morgan fingerprint density at radius 1 is 1.29 bits per heavy atom. The number of hydrogen-bond acceptors (Lipinski definition) is 4. The van der Waals surface area contributed by atoms with Crippen LogP contribution >= 0.6 is 0 Å². The molecule has 2 aromatic rings. The van der Waals surface area contributed by atoms with Crippen molar-refractivity contribution in [1.82, 2.24) is 9.19 Å². The summed E-state index contributed by atoms with van der Waals surface area (Å²) in [5.41, 5.74) is 1.73. The van der Waals surface area contributed by atoms with Gasteiger partial charge in [0.2, 0.25) is 0 Å². The maximum atomic E-state index is 6.20. The van der Waals surface area contributed by atoms with Crippen molar-refractivity contribution >= 4 is 14.7 Å². The summed E-state index contributed by atoms with van der Waals surface area (Å²) in [5, 5.41) is 4.34. The number of benzene rings is 1. The van der Waals surface area contributed by atoms with Crippen LogP contribution in [0, 0.1) is 0 Å². The molecule has 0 saturated heterocycles. The summed E-state index contributed by atoms with van der Waals surface area (Å²) in [4.78, 5) is 0. The fraction of sp³-hybridized carbons (Fsp3) is 0.500. The Balaban J connectivity index is 1.70. The predicted molar refractivity (Wildman–Crippen MR) is 80.9 cm³/mol. The molecule has 0 N–H and O–H groups in total. The predicted octanol–water partition coefficient (Wildman–Crippen LogP) is 3.15. The van der Waals surface area contributed by atoms with Gasteiger partial charge in [-0.3, -0.25) is 0 Å². The van der Waals surface area contributed by atoms with E-state index >= 15 is 0 Å².